The highest BCUT2D eigenvalue weighted by atomic mass is 16.7. The minimum Gasteiger partial charge on any atom is -0.507 e. The maximum absolute atomic E-state index is 13.4. The lowest BCUT2D eigenvalue weighted by Crippen LogP contribution is -2.49. The van der Waals surface area contributed by atoms with Gasteiger partial charge in [0.25, 0.3) is 0 Å². The van der Waals surface area contributed by atoms with Gasteiger partial charge in [0, 0.05) is 29.5 Å². The molecule has 2 aromatic rings. The Morgan fingerprint density at radius 2 is 1.65 bits per heavy atom. The SMILES string of the molecule is CC[C@@]1(O)C[C@H](O[C@H]2C[C@H](O)[C@H](O)[C@H](C)O2)c2c(O)c3c(c(O)c2[C@H]1O)C(=O)c1cccc(O)c1C3=O. The Labute approximate surface area is 211 Å². The van der Waals surface area contributed by atoms with Crippen molar-refractivity contribution in [3.05, 3.63) is 51.6 Å². The number of aromatic hydroxyl groups is 3. The number of ether oxygens (including phenoxy) is 2. The molecule has 1 aliphatic heterocycles. The predicted octanol–water partition coefficient (Wildman–Crippen LogP) is 1.07. The van der Waals surface area contributed by atoms with Gasteiger partial charge in [0.1, 0.15) is 29.5 Å². The number of aliphatic hydroxyl groups is 4. The van der Waals surface area contributed by atoms with Gasteiger partial charge in [-0.05, 0) is 19.4 Å². The summed E-state index contributed by atoms with van der Waals surface area (Å²) in [6, 6.07) is 3.85. The number of hydrogen-bond acceptors (Lipinski definition) is 11. The van der Waals surface area contributed by atoms with Gasteiger partial charge in [0.05, 0.1) is 40.6 Å². The first-order valence-electron chi connectivity index (χ1n) is 12.0. The van der Waals surface area contributed by atoms with Crippen LogP contribution < -0.4 is 0 Å². The Morgan fingerprint density at radius 3 is 2.30 bits per heavy atom. The van der Waals surface area contributed by atoms with Crippen LogP contribution in [0.1, 0.15) is 88.3 Å². The van der Waals surface area contributed by atoms with Gasteiger partial charge < -0.3 is 45.2 Å². The van der Waals surface area contributed by atoms with E-state index in [4.69, 9.17) is 9.47 Å². The summed E-state index contributed by atoms with van der Waals surface area (Å²) >= 11 is 0. The van der Waals surface area contributed by atoms with Gasteiger partial charge in [0.15, 0.2) is 12.1 Å². The van der Waals surface area contributed by atoms with E-state index >= 15 is 0 Å². The second-order valence-electron chi connectivity index (χ2n) is 9.89. The van der Waals surface area contributed by atoms with E-state index in [1.54, 1.807) is 6.92 Å². The third-order valence-corrected chi connectivity index (χ3v) is 7.74. The predicted molar refractivity (Wildman–Crippen MR) is 124 cm³/mol. The van der Waals surface area contributed by atoms with Crippen LogP contribution in [0, 0.1) is 0 Å². The molecule has 198 valence electrons. The molecule has 37 heavy (non-hydrogen) atoms. The van der Waals surface area contributed by atoms with E-state index in [1.807, 2.05) is 0 Å². The van der Waals surface area contributed by atoms with Crippen LogP contribution in [0.5, 0.6) is 17.2 Å². The molecule has 7 atom stereocenters. The van der Waals surface area contributed by atoms with Crippen molar-refractivity contribution >= 4 is 11.6 Å². The molecular formula is C26H28O11. The molecule has 11 nitrogen and oxygen atoms in total. The van der Waals surface area contributed by atoms with Gasteiger partial charge in [-0.25, -0.2) is 0 Å². The summed E-state index contributed by atoms with van der Waals surface area (Å²) in [5.41, 5.74) is -4.09. The normalized spacial score (nSPS) is 33.0. The van der Waals surface area contributed by atoms with Gasteiger partial charge >= 0.3 is 0 Å². The quantitative estimate of drug-likeness (QED) is 0.246. The second-order valence-corrected chi connectivity index (χ2v) is 9.89. The fourth-order valence-electron chi connectivity index (χ4n) is 5.59. The van der Waals surface area contributed by atoms with E-state index in [2.05, 4.69) is 0 Å². The Hall–Kier alpha value is -3.06. The Kier molecular flexibility index (Phi) is 6.06. The number of fused-ring (bicyclic) bond motifs is 3. The molecule has 1 fully saturated rings. The summed E-state index contributed by atoms with van der Waals surface area (Å²) < 4.78 is 11.6. The number of carbonyl (C=O) groups excluding carboxylic acids is 2. The summed E-state index contributed by atoms with van der Waals surface area (Å²) in [5, 5.41) is 75.4. The Bertz CT molecular complexity index is 1290. The molecule has 3 aliphatic rings. The molecular weight excluding hydrogens is 488 g/mol. The van der Waals surface area contributed by atoms with Crippen molar-refractivity contribution in [2.24, 2.45) is 0 Å². The van der Waals surface area contributed by atoms with E-state index in [0.29, 0.717) is 0 Å². The zero-order valence-electron chi connectivity index (χ0n) is 20.1. The second kappa shape index (κ2) is 8.76. The molecule has 0 aromatic heterocycles. The molecule has 1 saturated heterocycles. The first-order valence-corrected chi connectivity index (χ1v) is 12.0. The van der Waals surface area contributed by atoms with Crippen LogP contribution in [0.3, 0.4) is 0 Å². The van der Waals surface area contributed by atoms with Crippen LogP contribution in [0.2, 0.25) is 0 Å². The Balaban J connectivity index is 1.69. The average molecular weight is 516 g/mol. The summed E-state index contributed by atoms with van der Waals surface area (Å²) in [6.45, 7) is 3.12. The highest BCUT2D eigenvalue weighted by Gasteiger charge is 2.51. The van der Waals surface area contributed by atoms with E-state index < -0.39 is 82.4 Å². The fourth-order valence-corrected chi connectivity index (χ4v) is 5.59. The van der Waals surface area contributed by atoms with Crippen molar-refractivity contribution in [3.63, 3.8) is 0 Å². The molecule has 0 spiro atoms. The smallest absolute Gasteiger partial charge is 0.202 e. The average Bonchev–Trinajstić information content (AvgIpc) is 2.85. The van der Waals surface area contributed by atoms with Crippen LogP contribution >= 0.6 is 0 Å². The lowest BCUT2D eigenvalue weighted by atomic mass is 9.70. The third kappa shape index (κ3) is 3.65. The van der Waals surface area contributed by atoms with E-state index in [9.17, 15) is 45.3 Å². The Morgan fingerprint density at radius 1 is 1.00 bits per heavy atom. The lowest BCUT2D eigenvalue weighted by Gasteiger charge is -2.44. The van der Waals surface area contributed by atoms with Crippen molar-refractivity contribution in [1.29, 1.82) is 0 Å². The van der Waals surface area contributed by atoms with Crippen LogP contribution in [0.25, 0.3) is 0 Å². The van der Waals surface area contributed by atoms with Crippen molar-refractivity contribution in [1.82, 2.24) is 0 Å². The molecule has 7 N–H and O–H groups in total. The molecule has 2 aromatic carbocycles. The van der Waals surface area contributed by atoms with Crippen LogP contribution in [-0.2, 0) is 9.47 Å². The van der Waals surface area contributed by atoms with Crippen molar-refractivity contribution < 1.29 is 54.8 Å². The largest absolute Gasteiger partial charge is 0.507 e. The van der Waals surface area contributed by atoms with Gasteiger partial charge in [-0.15, -0.1) is 0 Å². The van der Waals surface area contributed by atoms with Crippen molar-refractivity contribution in [3.8, 4) is 17.2 Å². The monoisotopic (exact) mass is 516 g/mol. The maximum Gasteiger partial charge on any atom is 0.202 e. The first kappa shape index (κ1) is 25.6. The van der Waals surface area contributed by atoms with Crippen molar-refractivity contribution in [2.75, 3.05) is 0 Å². The first-order chi connectivity index (χ1) is 17.4. The number of phenols is 3. The number of carbonyl (C=O) groups is 2. The van der Waals surface area contributed by atoms with Crippen LogP contribution in [-0.4, -0.2) is 77.5 Å². The van der Waals surface area contributed by atoms with Crippen LogP contribution in [0.15, 0.2) is 18.2 Å². The lowest BCUT2D eigenvalue weighted by molar-refractivity contribution is -0.269. The maximum atomic E-state index is 13.4. The molecule has 1 heterocycles. The number of ketones is 2. The zero-order valence-corrected chi connectivity index (χ0v) is 20.1. The number of aliphatic hydroxyl groups excluding tert-OH is 3. The minimum absolute atomic E-state index is 0.00238. The highest BCUT2D eigenvalue weighted by molar-refractivity contribution is 6.31. The van der Waals surface area contributed by atoms with Crippen molar-refractivity contribution in [2.45, 2.75) is 75.5 Å². The molecule has 5 rings (SSSR count). The summed E-state index contributed by atoms with van der Waals surface area (Å²) in [7, 11) is 0. The number of rotatable bonds is 3. The molecule has 0 amide bonds. The van der Waals surface area contributed by atoms with Gasteiger partial charge in [-0.3, -0.25) is 9.59 Å². The number of phenolic OH excluding ortho intramolecular Hbond substituents is 3. The molecule has 11 heteroatoms. The minimum atomic E-state index is -1.86. The number of benzene rings is 2. The van der Waals surface area contributed by atoms with E-state index in [-0.39, 0.29) is 41.5 Å². The van der Waals surface area contributed by atoms with Gasteiger partial charge in [0.2, 0.25) is 5.78 Å². The number of hydrogen-bond donors (Lipinski definition) is 7. The molecule has 0 bridgehead atoms. The fraction of sp³-hybridized carbons (Fsp3) is 0.462. The molecule has 0 radical (unpaired) electrons. The van der Waals surface area contributed by atoms with Gasteiger partial charge in [-0.2, -0.15) is 0 Å². The molecule has 2 aliphatic carbocycles. The zero-order chi connectivity index (χ0) is 27.0. The van der Waals surface area contributed by atoms with E-state index in [0.717, 1.165) is 0 Å². The van der Waals surface area contributed by atoms with Gasteiger partial charge in [-0.1, -0.05) is 19.1 Å². The summed E-state index contributed by atoms with van der Waals surface area (Å²) in [6.07, 6.45) is -7.72. The molecule has 0 saturated carbocycles. The molecule has 0 unspecified atom stereocenters. The standard InChI is InChI=1S/C26H28O11/c1-3-26(35)8-13(37-14-7-12(28)20(29)9(2)36-14)16-19(25(26)34)24(33)17-18(23(16)32)22(31)15-10(21(17)30)5-4-6-11(15)27/h4-6,9,12-14,20,25,27-29,32-35H,3,7-8H2,1-2H3/t9-,12-,13-,14-,20+,25+,26+/m0/s1. The topological polar surface area (TPSA) is 194 Å². The highest BCUT2D eigenvalue weighted by Crippen LogP contribution is 2.56. The van der Waals surface area contributed by atoms with E-state index in [1.165, 1.54) is 25.1 Å². The summed E-state index contributed by atoms with van der Waals surface area (Å²) in [5.74, 6) is -3.79. The third-order valence-electron chi connectivity index (χ3n) is 7.74. The van der Waals surface area contributed by atoms with Crippen LogP contribution in [0.4, 0.5) is 0 Å². The summed E-state index contributed by atoms with van der Waals surface area (Å²) in [4.78, 5) is 26.7.